The molecule has 0 N–H and O–H groups in total. The van der Waals surface area contributed by atoms with Gasteiger partial charge in [0, 0.05) is 19.5 Å². The zero-order valence-electron chi connectivity index (χ0n) is 14.4. The van der Waals surface area contributed by atoms with Gasteiger partial charge in [-0.1, -0.05) is 23.8 Å². The Kier molecular flexibility index (Phi) is 6.20. The van der Waals surface area contributed by atoms with Crippen molar-refractivity contribution in [2.24, 2.45) is 5.92 Å². The van der Waals surface area contributed by atoms with E-state index in [0.29, 0.717) is 19.6 Å². The Morgan fingerprint density at radius 2 is 2.09 bits per heavy atom. The number of carbonyl (C=O) groups excluding carboxylic acids is 2. The van der Waals surface area contributed by atoms with Crippen LogP contribution in [0.15, 0.2) is 18.2 Å². The van der Waals surface area contributed by atoms with E-state index in [9.17, 15) is 9.59 Å². The molecular weight excluding hydrogens is 290 g/mol. The highest BCUT2D eigenvalue weighted by molar-refractivity contribution is 5.78. The Bertz CT molecular complexity index is 568. The summed E-state index contributed by atoms with van der Waals surface area (Å²) in [5.41, 5.74) is 3.70. The minimum Gasteiger partial charge on any atom is -0.466 e. The summed E-state index contributed by atoms with van der Waals surface area (Å²) in [6.45, 7) is 7.63. The molecule has 1 heterocycles. The summed E-state index contributed by atoms with van der Waals surface area (Å²) in [6, 6.07) is 6.34. The lowest BCUT2D eigenvalue weighted by Crippen LogP contribution is -2.42. The lowest BCUT2D eigenvalue weighted by molar-refractivity contribution is -0.151. The van der Waals surface area contributed by atoms with E-state index in [4.69, 9.17) is 4.74 Å². The second kappa shape index (κ2) is 8.14. The monoisotopic (exact) mass is 317 g/mol. The van der Waals surface area contributed by atoms with Crippen LogP contribution in [0.25, 0.3) is 0 Å². The second-order valence-electron chi connectivity index (χ2n) is 6.36. The van der Waals surface area contributed by atoms with Gasteiger partial charge < -0.3 is 9.64 Å². The van der Waals surface area contributed by atoms with Crippen molar-refractivity contribution in [3.63, 3.8) is 0 Å². The number of benzene rings is 1. The van der Waals surface area contributed by atoms with E-state index in [1.54, 1.807) is 0 Å². The number of hydrogen-bond donors (Lipinski definition) is 0. The molecule has 126 valence electrons. The average Bonchev–Trinajstić information content (AvgIpc) is 2.54. The van der Waals surface area contributed by atoms with Crippen molar-refractivity contribution in [2.45, 2.75) is 46.5 Å². The number of rotatable bonds is 5. The highest BCUT2D eigenvalue weighted by Gasteiger charge is 2.29. The van der Waals surface area contributed by atoms with E-state index in [0.717, 1.165) is 25.8 Å². The number of nitrogens with zero attached hydrogens (tertiary/aromatic N) is 1. The summed E-state index contributed by atoms with van der Waals surface area (Å²) >= 11 is 0. The normalized spacial score (nSPS) is 17.9. The quantitative estimate of drug-likeness (QED) is 0.784. The van der Waals surface area contributed by atoms with Crippen LogP contribution >= 0.6 is 0 Å². The second-order valence-corrected chi connectivity index (χ2v) is 6.36. The van der Waals surface area contributed by atoms with Crippen molar-refractivity contribution in [1.29, 1.82) is 0 Å². The molecule has 0 aromatic heterocycles. The number of piperidine rings is 1. The van der Waals surface area contributed by atoms with Crippen LogP contribution in [0.3, 0.4) is 0 Å². The van der Waals surface area contributed by atoms with Crippen LogP contribution in [0.5, 0.6) is 0 Å². The topological polar surface area (TPSA) is 46.6 Å². The van der Waals surface area contributed by atoms with Crippen LogP contribution in [0.2, 0.25) is 0 Å². The molecule has 1 aromatic carbocycles. The SMILES string of the molecule is CCOC(=O)C1CCCN(C(=O)CCc2ccc(C)cc2C)C1. The van der Waals surface area contributed by atoms with Gasteiger partial charge in [-0.2, -0.15) is 0 Å². The van der Waals surface area contributed by atoms with E-state index in [1.165, 1.54) is 16.7 Å². The van der Waals surface area contributed by atoms with Crippen molar-refractivity contribution >= 4 is 11.9 Å². The largest absolute Gasteiger partial charge is 0.466 e. The van der Waals surface area contributed by atoms with E-state index in [-0.39, 0.29) is 17.8 Å². The van der Waals surface area contributed by atoms with Crippen molar-refractivity contribution < 1.29 is 14.3 Å². The van der Waals surface area contributed by atoms with Crippen molar-refractivity contribution in [3.8, 4) is 0 Å². The minimum atomic E-state index is -0.167. The molecule has 0 spiro atoms. The molecule has 0 bridgehead atoms. The fraction of sp³-hybridized carbons (Fsp3) is 0.579. The predicted molar refractivity (Wildman–Crippen MR) is 90.2 cm³/mol. The lowest BCUT2D eigenvalue weighted by atomic mass is 9.97. The predicted octanol–water partition coefficient (Wildman–Crippen LogP) is 3.04. The molecule has 23 heavy (non-hydrogen) atoms. The van der Waals surface area contributed by atoms with E-state index >= 15 is 0 Å². The maximum atomic E-state index is 12.4. The molecule has 2 rings (SSSR count). The Balaban J connectivity index is 1.88. The smallest absolute Gasteiger partial charge is 0.310 e. The summed E-state index contributed by atoms with van der Waals surface area (Å²) in [5.74, 6) is -0.188. The highest BCUT2D eigenvalue weighted by atomic mass is 16.5. The first kappa shape index (κ1) is 17.5. The number of ether oxygens (including phenoxy) is 1. The third kappa shape index (κ3) is 4.81. The van der Waals surface area contributed by atoms with Crippen molar-refractivity contribution in [3.05, 3.63) is 34.9 Å². The van der Waals surface area contributed by atoms with Gasteiger partial charge >= 0.3 is 5.97 Å². The number of amides is 1. The molecule has 0 aliphatic carbocycles. The number of aryl methyl sites for hydroxylation is 3. The number of carbonyl (C=O) groups is 2. The number of hydrogen-bond acceptors (Lipinski definition) is 3. The fourth-order valence-corrected chi connectivity index (χ4v) is 3.18. The highest BCUT2D eigenvalue weighted by Crippen LogP contribution is 2.20. The molecule has 1 amide bonds. The first-order chi connectivity index (χ1) is 11.0. The molecular formula is C19H27NO3. The average molecular weight is 317 g/mol. The van der Waals surface area contributed by atoms with Gasteiger partial charge in [-0.15, -0.1) is 0 Å². The standard InChI is InChI=1S/C19H27NO3/c1-4-23-19(22)17-6-5-11-20(13-17)18(21)10-9-16-8-7-14(2)12-15(16)3/h7-8,12,17H,4-6,9-11,13H2,1-3H3. The molecule has 4 nitrogen and oxygen atoms in total. The van der Waals surface area contributed by atoms with E-state index in [1.807, 2.05) is 11.8 Å². The lowest BCUT2D eigenvalue weighted by Gasteiger charge is -2.31. The van der Waals surface area contributed by atoms with Crippen LogP contribution in [0, 0.1) is 19.8 Å². The maximum absolute atomic E-state index is 12.4. The summed E-state index contributed by atoms with van der Waals surface area (Å²) < 4.78 is 5.09. The van der Waals surface area contributed by atoms with E-state index in [2.05, 4.69) is 32.0 Å². The molecule has 1 fully saturated rings. The van der Waals surface area contributed by atoms with Crippen LogP contribution in [0.1, 0.15) is 42.9 Å². The van der Waals surface area contributed by atoms with Gasteiger partial charge in [-0.3, -0.25) is 9.59 Å². The fourth-order valence-electron chi connectivity index (χ4n) is 3.18. The maximum Gasteiger partial charge on any atom is 0.310 e. The molecule has 1 unspecified atom stereocenters. The van der Waals surface area contributed by atoms with E-state index < -0.39 is 0 Å². The summed E-state index contributed by atoms with van der Waals surface area (Å²) in [7, 11) is 0. The van der Waals surface area contributed by atoms with Gasteiger partial charge in [0.15, 0.2) is 0 Å². The summed E-state index contributed by atoms with van der Waals surface area (Å²) in [4.78, 5) is 26.1. The summed E-state index contributed by atoms with van der Waals surface area (Å²) in [6.07, 6.45) is 2.95. The minimum absolute atomic E-state index is 0.138. The molecule has 1 saturated heterocycles. The zero-order chi connectivity index (χ0) is 16.8. The molecule has 1 atom stereocenters. The summed E-state index contributed by atoms with van der Waals surface area (Å²) in [5, 5.41) is 0. The third-order valence-corrected chi connectivity index (χ3v) is 4.50. The molecule has 0 radical (unpaired) electrons. The Morgan fingerprint density at radius 1 is 1.30 bits per heavy atom. The zero-order valence-corrected chi connectivity index (χ0v) is 14.4. The van der Waals surface area contributed by atoms with Crippen LogP contribution < -0.4 is 0 Å². The van der Waals surface area contributed by atoms with Crippen LogP contribution in [0.4, 0.5) is 0 Å². The van der Waals surface area contributed by atoms with Crippen molar-refractivity contribution in [1.82, 2.24) is 4.90 Å². The van der Waals surface area contributed by atoms with Gasteiger partial charge in [0.05, 0.1) is 12.5 Å². The van der Waals surface area contributed by atoms with Gasteiger partial charge in [0.2, 0.25) is 5.91 Å². The van der Waals surface area contributed by atoms with Crippen LogP contribution in [-0.2, 0) is 20.7 Å². The van der Waals surface area contributed by atoms with Crippen LogP contribution in [-0.4, -0.2) is 36.5 Å². The first-order valence-electron chi connectivity index (χ1n) is 8.51. The Labute approximate surface area is 138 Å². The molecule has 0 saturated carbocycles. The molecule has 1 aliphatic heterocycles. The van der Waals surface area contributed by atoms with Gasteiger partial charge in [0.25, 0.3) is 0 Å². The van der Waals surface area contributed by atoms with Gasteiger partial charge in [0.1, 0.15) is 0 Å². The van der Waals surface area contributed by atoms with Gasteiger partial charge in [-0.25, -0.2) is 0 Å². The molecule has 4 heteroatoms. The number of likely N-dealkylation sites (tertiary alicyclic amines) is 1. The Hall–Kier alpha value is -1.84. The molecule has 1 aromatic rings. The molecule has 1 aliphatic rings. The van der Waals surface area contributed by atoms with Crippen molar-refractivity contribution in [2.75, 3.05) is 19.7 Å². The third-order valence-electron chi connectivity index (χ3n) is 4.50. The Morgan fingerprint density at radius 3 is 2.78 bits per heavy atom. The van der Waals surface area contributed by atoms with Gasteiger partial charge in [-0.05, 0) is 51.2 Å². The first-order valence-corrected chi connectivity index (χ1v) is 8.51. The number of esters is 1.